The first-order valence-electron chi connectivity index (χ1n) is 5.76. The third-order valence-corrected chi connectivity index (χ3v) is 2.89. The fraction of sp³-hybridized carbons (Fsp3) is 0.333. The molecule has 0 aliphatic carbocycles. The van der Waals surface area contributed by atoms with Gasteiger partial charge in [0, 0.05) is 26.4 Å². The SMILES string of the molecule is COC(Cn1cnc2ccc([N+](=O)[O-])cc2c1=O)OC. The van der Waals surface area contributed by atoms with Crippen molar-refractivity contribution < 1.29 is 14.4 Å². The molecule has 0 N–H and O–H groups in total. The maximum absolute atomic E-state index is 12.3. The molecule has 0 bridgehead atoms. The van der Waals surface area contributed by atoms with Gasteiger partial charge < -0.3 is 9.47 Å². The van der Waals surface area contributed by atoms with Crippen molar-refractivity contribution in [2.24, 2.45) is 0 Å². The molecule has 0 spiro atoms. The van der Waals surface area contributed by atoms with E-state index in [1.54, 1.807) is 0 Å². The van der Waals surface area contributed by atoms with Crippen LogP contribution in [0.5, 0.6) is 0 Å². The average Bonchev–Trinajstić information content (AvgIpc) is 2.46. The number of nitrogens with zero attached hydrogens (tertiary/aromatic N) is 3. The van der Waals surface area contributed by atoms with Crippen molar-refractivity contribution in [3.05, 3.63) is 45.0 Å². The molecule has 0 amide bonds. The summed E-state index contributed by atoms with van der Waals surface area (Å²) in [7, 11) is 2.91. The van der Waals surface area contributed by atoms with E-state index >= 15 is 0 Å². The monoisotopic (exact) mass is 279 g/mol. The molecule has 0 saturated carbocycles. The van der Waals surface area contributed by atoms with Gasteiger partial charge in [-0.1, -0.05) is 0 Å². The predicted molar refractivity (Wildman–Crippen MR) is 70.5 cm³/mol. The zero-order valence-electron chi connectivity index (χ0n) is 11.0. The fourth-order valence-corrected chi connectivity index (χ4v) is 1.80. The predicted octanol–water partition coefficient (Wildman–Crippen LogP) is 0.924. The van der Waals surface area contributed by atoms with Crippen LogP contribution in [-0.4, -0.2) is 35.0 Å². The van der Waals surface area contributed by atoms with Crippen LogP contribution in [0, 0.1) is 10.1 Å². The lowest BCUT2D eigenvalue weighted by Crippen LogP contribution is -2.29. The molecule has 0 aliphatic rings. The van der Waals surface area contributed by atoms with Gasteiger partial charge in [0.1, 0.15) is 0 Å². The van der Waals surface area contributed by atoms with Gasteiger partial charge in [0.05, 0.1) is 28.7 Å². The molecular formula is C12H13N3O5. The second-order valence-corrected chi connectivity index (χ2v) is 4.06. The average molecular weight is 279 g/mol. The number of nitro benzene ring substituents is 1. The molecule has 8 nitrogen and oxygen atoms in total. The third-order valence-electron chi connectivity index (χ3n) is 2.89. The first-order chi connectivity index (χ1) is 9.56. The van der Waals surface area contributed by atoms with Crippen molar-refractivity contribution in [3.63, 3.8) is 0 Å². The summed E-state index contributed by atoms with van der Waals surface area (Å²) >= 11 is 0. The number of rotatable bonds is 5. The normalized spacial score (nSPS) is 11.2. The van der Waals surface area contributed by atoms with Gasteiger partial charge in [-0.2, -0.15) is 0 Å². The molecule has 0 fully saturated rings. The molecule has 0 unspecified atom stereocenters. The zero-order chi connectivity index (χ0) is 14.7. The Morgan fingerprint density at radius 2 is 2.10 bits per heavy atom. The Morgan fingerprint density at radius 1 is 1.40 bits per heavy atom. The third kappa shape index (κ3) is 2.65. The van der Waals surface area contributed by atoms with Crippen molar-refractivity contribution in [1.29, 1.82) is 0 Å². The number of hydrogen-bond acceptors (Lipinski definition) is 6. The highest BCUT2D eigenvalue weighted by Crippen LogP contribution is 2.16. The fourth-order valence-electron chi connectivity index (χ4n) is 1.80. The Kier molecular flexibility index (Phi) is 4.06. The van der Waals surface area contributed by atoms with Crippen molar-refractivity contribution in [2.75, 3.05) is 14.2 Å². The second kappa shape index (κ2) is 5.76. The molecule has 2 rings (SSSR count). The van der Waals surface area contributed by atoms with Crippen LogP contribution in [0.4, 0.5) is 5.69 Å². The van der Waals surface area contributed by atoms with E-state index in [0.717, 1.165) is 0 Å². The van der Waals surface area contributed by atoms with Gasteiger partial charge in [0.15, 0.2) is 6.29 Å². The summed E-state index contributed by atoms with van der Waals surface area (Å²) in [4.78, 5) is 26.5. The number of hydrogen-bond donors (Lipinski definition) is 0. The number of fused-ring (bicyclic) bond motifs is 1. The minimum atomic E-state index is -0.592. The van der Waals surface area contributed by atoms with E-state index < -0.39 is 11.2 Å². The van der Waals surface area contributed by atoms with Crippen LogP contribution in [-0.2, 0) is 16.0 Å². The summed E-state index contributed by atoms with van der Waals surface area (Å²) in [5, 5.41) is 10.9. The molecule has 0 atom stereocenters. The van der Waals surface area contributed by atoms with Crippen LogP contribution in [0.2, 0.25) is 0 Å². The molecular weight excluding hydrogens is 266 g/mol. The largest absolute Gasteiger partial charge is 0.354 e. The molecule has 1 heterocycles. The number of aromatic nitrogens is 2. The van der Waals surface area contributed by atoms with E-state index in [4.69, 9.17) is 9.47 Å². The molecule has 2 aromatic rings. The highest BCUT2D eigenvalue weighted by Gasteiger charge is 2.13. The van der Waals surface area contributed by atoms with Gasteiger partial charge in [-0.25, -0.2) is 4.98 Å². The lowest BCUT2D eigenvalue weighted by Gasteiger charge is -2.14. The van der Waals surface area contributed by atoms with Crippen molar-refractivity contribution in [1.82, 2.24) is 9.55 Å². The summed E-state index contributed by atoms with van der Waals surface area (Å²) in [5.41, 5.74) is -0.120. The van der Waals surface area contributed by atoms with E-state index in [-0.39, 0.29) is 23.2 Å². The highest BCUT2D eigenvalue weighted by atomic mass is 16.7. The Balaban J connectivity index is 2.51. The molecule has 106 valence electrons. The molecule has 8 heteroatoms. The Bertz CT molecular complexity index is 693. The van der Waals surface area contributed by atoms with E-state index in [1.807, 2.05) is 0 Å². The lowest BCUT2D eigenvalue weighted by molar-refractivity contribution is -0.384. The van der Waals surface area contributed by atoms with E-state index in [2.05, 4.69) is 4.98 Å². The van der Waals surface area contributed by atoms with Gasteiger partial charge in [0.25, 0.3) is 11.2 Å². The molecule has 1 aromatic carbocycles. The summed E-state index contributed by atoms with van der Waals surface area (Å²) in [6.07, 6.45) is 0.771. The van der Waals surface area contributed by atoms with Crippen LogP contribution in [0.1, 0.15) is 0 Å². The van der Waals surface area contributed by atoms with Crippen molar-refractivity contribution in [2.45, 2.75) is 12.8 Å². The van der Waals surface area contributed by atoms with Gasteiger partial charge >= 0.3 is 0 Å². The number of benzene rings is 1. The standard InChI is InChI=1S/C12H13N3O5/c1-19-11(20-2)6-14-7-13-10-4-3-8(15(17)18)5-9(10)12(14)16/h3-5,7,11H,6H2,1-2H3. The van der Waals surface area contributed by atoms with Crippen molar-refractivity contribution in [3.8, 4) is 0 Å². The first kappa shape index (κ1) is 14.1. The molecule has 0 radical (unpaired) electrons. The second-order valence-electron chi connectivity index (χ2n) is 4.06. The number of ether oxygens (including phenoxy) is 2. The Hall–Kier alpha value is -2.32. The minimum Gasteiger partial charge on any atom is -0.354 e. The quantitative estimate of drug-likeness (QED) is 0.458. The van der Waals surface area contributed by atoms with Crippen LogP contribution >= 0.6 is 0 Å². The Morgan fingerprint density at radius 3 is 2.70 bits per heavy atom. The number of nitro groups is 1. The van der Waals surface area contributed by atoms with E-state index in [0.29, 0.717) is 5.52 Å². The zero-order valence-corrected chi connectivity index (χ0v) is 11.0. The number of non-ortho nitro benzene ring substituents is 1. The first-order valence-corrected chi connectivity index (χ1v) is 5.76. The highest BCUT2D eigenvalue weighted by molar-refractivity contribution is 5.79. The van der Waals surface area contributed by atoms with Crippen LogP contribution in [0.3, 0.4) is 0 Å². The maximum Gasteiger partial charge on any atom is 0.270 e. The van der Waals surface area contributed by atoms with E-state index in [9.17, 15) is 14.9 Å². The van der Waals surface area contributed by atoms with Gasteiger partial charge in [-0.3, -0.25) is 19.5 Å². The Labute approximate surface area is 113 Å². The smallest absolute Gasteiger partial charge is 0.270 e. The summed E-state index contributed by atoms with van der Waals surface area (Å²) in [5.74, 6) is 0. The summed E-state index contributed by atoms with van der Waals surface area (Å²) in [6, 6.07) is 3.98. The molecule has 20 heavy (non-hydrogen) atoms. The topological polar surface area (TPSA) is 96.5 Å². The maximum atomic E-state index is 12.3. The lowest BCUT2D eigenvalue weighted by atomic mass is 10.2. The van der Waals surface area contributed by atoms with Crippen molar-refractivity contribution >= 4 is 16.6 Å². The minimum absolute atomic E-state index is 0.149. The summed E-state index contributed by atoms with van der Waals surface area (Å²) in [6.45, 7) is 0.150. The summed E-state index contributed by atoms with van der Waals surface area (Å²) < 4.78 is 11.3. The van der Waals surface area contributed by atoms with Crippen LogP contribution in [0.25, 0.3) is 10.9 Å². The van der Waals surface area contributed by atoms with Gasteiger partial charge in [-0.05, 0) is 6.07 Å². The van der Waals surface area contributed by atoms with E-state index in [1.165, 1.54) is 43.3 Å². The van der Waals surface area contributed by atoms with Gasteiger partial charge in [-0.15, -0.1) is 0 Å². The molecule has 0 saturated heterocycles. The molecule has 1 aromatic heterocycles. The van der Waals surface area contributed by atoms with Crippen LogP contribution < -0.4 is 5.56 Å². The number of methoxy groups -OCH3 is 2. The molecule has 0 aliphatic heterocycles. The van der Waals surface area contributed by atoms with Crippen LogP contribution in [0.15, 0.2) is 29.3 Å². The van der Waals surface area contributed by atoms with Gasteiger partial charge in [0.2, 0.25) is 0 Å².